The molecule has 2 aromatic rings. The minimum Gasteiger partial charge on any atom is -0.459 e. The summed E-state index contributed by atoms with van der Waals surface area (Å²) in [5, 5.41) is 0. The zero-order valence-corrected chi connectivity index (χ0v) is 22.3. The van der Waals surface area contributed by atoms with Crippen LogP contribution in [0.5, 0.6) is 0 Å². The van der Waals surface area contributed by atoms with Crippen molar-refractivity contribution in [2.75, 3.05) is 26.0 Å². The summed E-state index contributed by atoms with van der Waals surface area (Å²) in [4.78, 5) is 30.2. The molecule has 0 N–H and O–H groups in total. The maximum Gasteiger partial charge on any atom is 0.349 e. The summed E-state index contributed by atoms with van der Waals surface area (Å²) >= 11 is 0. The molecule has 0 saturated carbocycles. The molecule has 0 aromatic heterocycles. The van der Waals surface area contributed by atoms with Gasteiger partial charge < -0.3 is 23.6 Å². The Hall–Kier alpha value is -2.67. The number of unbranched alkanes of at least 4 members (excludes halogenated alkanes) is 1. The minimum atomic E-state index is -3.52. The molecule has 1 aliphatic heterocycles. The molecule has 0 radical (unpaired) electrons. The first-order valence-corrected chi connectivity index (χ1v) is 14.3. The Morgan fingerprint density at radius 1 is 0.972 bits per heavy atom. The van der Waals surface area contributed by atoms with Gasteiger partial charge in [0.15, 0.2) is 0 Å². The molecule has 0 fully saturated rings. The number of esters is 1. The van der Waals surface area contributed by atoms with Crippen molar-refractivity contribution < 1.29 is 27.9 Å². The molecule has 0 unspecified atom stereocenters. The number of carbonyl (C=O) groups excluding carboxylic acids is 2. The largest absolute Gasteiger partial charge is 0.459 e. The maximum atomic E-state index is 13.9. The third-order valence-electron chi connectivity index (χ3n) is 6.04. The van der Waals surface area contributed by atoms with Gasteiger partial charge in [0.25, 0.3) is 0 Å². The van der Waals surface area contributed by atoms with E-state index in [1.165, 1.54) is 9.80 Å². The van der Waals surface area contributed by atoms with Crippen LogP contribution in [0, 0.1) is 0 Å². The van der Waals surface area contributed by atoms with Crippen LogP contribution in [0.2, 0.25) is 0 Å². The lowest BCUT2D eigenvalue weighted by Gasteiger charge is -2.39. The molecule has 1 atom stereocenters. The van der Waals surface area contributed by atoms with Gasteiger partial charge in [0, 0.05) is 19.5 Å². The molecule has 2 amide bonds. The van der Waals surface area contributed by atoms with Gasteiger partial charge in [-0.2, -0.15) is 0 Å². The van der Waals surface area contributed by atoms with Crippen molar-refractivity contribution in [3.05, 3.63) is 71.3 Å². The van der Waals surface area contributed by atoms with Crippen LogP contribution in [0.15, 0.2) is 54.6 Å². The fourth-order valence-electron chi connectivity index (χ4n) is 4.24. The van der Waals surface area contributed by atoms with E-state index in [4.69, 9.17) is 13.8 Å². The Balaban J connectivity index is 1.86. The highest BCUT2D eigenvalue weighted by Gasteiger charge is 2.39. The zero-order chi connectivity index (χ0) is 26.0. The number of benzene rings is 2. The highest BCUT2D eigenvalue weighted by Crippen LogP contribution is 2.48. The second-order valence-corrected chi connectivity index (χ2v) is 10.7. The molecular weight excluding hydrogens is 479 g/mol. The van der Waals surface area contributed by atoms with Crippen molar-refractivity contribution in [3.8, 4) is 0 Å². The SMILES string of the molecule is CCCCN(CP(=O)(OCC)OCC)C(=O)N1Cc2ccccc2C[C@H]1C(=O)OCc1ccccc1. The number of fused-ring (bicyclic) bond motifs is 1. The van der Waals surface area contributed by atoms with Crippen LogP contribution in [0.3, 0.4) is 0 Å². The second-order valence-electron chi connectivity index (χ2n) is 8.70. The molecular formula is C27H37N2O6P. The Labute approximate surface area is 214 Å². The number of carbonyl (C=O) groups is 2. The molecule has 1 heterocycles. The summed E-state index contributed by atoms with van der Waals surface area (Å²) in [5.74, 6) is -0.463. The van der Waals surface area contributed by atoms with Crippen molar-refractivity contribution in [2.24, 2.45) is 0 Å². The van der Waals surface area contributed by atoms with E-state index in [1.54, 1.807) is 13.8 Å². The number of hydrogen-bond donors (Lipinski definition) is 0. The molecule has 0 aliphatic carbocycles. The van der Waals surface area contributed by atoms with Crippen molar-refractivity contribution in [1.82, 2.24) is 9.80 Å². The van der Waals surface area contributed by atoms with Gasteiger partial charge in [0.1, 0.15) is 18.9 Å². The molecule has 0 spiro atoms. The molecule has 2 aromatic carbocycles. The van der Waals surface area contributed by atoms with Gasteiger partial charge in [0.2, 0.25) is 0 Å². The fraction of sp³-hybridized carbons (Fsp3) is 0.481. The summed E-state index contributed by atoms with van der Waals surface area (Å²) in [6, 6.07) is 16.1. The first-order valence-electron chi connectivity index (χ1n) is 12.6. The normalized spacial score (nSPS) is 15.3. The third-order valence-corrected chi connectivity index (χ3v) is 8.03. The van der Waals surface area contributed by atoms with Gasteiger partial charge in [0.05, 0.1) is 13.2 Å². The smallest absolute Gasteiger partial charge is 0.349 e. The average Bonchev–Trinajstić information content (AvgIpc) is 2.89. The lowest BCUT2D eigenvalue weighted by molar-refractivity contribution is -0.151. The Bertz CT molecular complexity index is 1040. The van der Waals surface area contributed by atoms with E-state index < -0.39 is 19.6 Å². The first-order chi connectivity index (χ1) is 17.4. The Morgan fingerprint density at radius 3 is 2.25 bits per heavy atom. The van der Waals surface area contributed by atoms with Crippen LogP contribution in [0.1, 0.15) is 50.3 Å². The van der Waals surface area contributed by atoms with Gasteiger partial charge in [-0.1, -0.05) is 67.9 Å². The van der Waals surface area contributed by atoms with E-state index in [2.05, 4.69) is 0 Å². The molecule has 36 heavy (non-hydrogen) atoms. The summed E-state index contributed by atoms with van der Waals surface area (Å²) in [6.07, 6.45) is 1.75. The van der Waals surface area contributed by atoms with E-state index in [1.807, 2.05) is 61.5 Å². The molecule has 1 aliphatic rings. The highest BCUT2D eigenvalue weighted by atomic mass is 31.2. The number of urea groups is 1. The van der Waals surface area contributed by atoms with Crippen LogP contribution in [0.4, 0.5) is 4.79 Å². The first kappa shape index (κ1) is 27.9. The fourth-order valence-corrected chi connectivity index (χ4v) is 5.94. The molecule has 0 saturated heterocycles. The molecule has 196 valence electrons. The van der Waals surface area contributed by atoms with E-state index in [-0.39, 0.29) is 38.7 Å². The molecule has 0 bridgehead atoms. The topological polar surface area (TPSA) is 85.4 Å². The van der Waals surface area contributed by atoms with Crippen molar-refractivity contribution in [2.45, 2.75) is 59.2 Å². The molecule has 9 heteroatoms. The average molecular weight is 517 g/mol. The van der Waals surface area contributed by atoms with E-state index in [0.29, 0.717) is 13.0 Å². The summed E-state index contributed by atoms with van der Waals surface area (Å²) in [7, 11) is -3.52. The molecule has 8 nitrogen and oxygen atoms in total. The summed E-state index contributed by atoms with van der Waals surface area (Å²) in [5.41, 5.74) is 2.86. The van der Waals surface area contributed by atoms with E-state index >= 15 is 0 Å². The number of hydrogen-bond acceptors (Lipinski definition) is 6. The van der Waals surface area contributed by atoms with Gasteiger partial charge in [-0.3, -0.25) is 4.57 Å². The van der Waals surface area contributed by atoms with Crippen LogP contribution in [-0.2, 0) is 42.7 Å². The van der Waals surface area contributed by atoms with Gasteiger partial charge >= 0.3 is 19.6 Å². The third kappa shape index (κ3) is 7.42. The second kappa shape index (κ2) is 13.6. The maximum absolute atomic E-state index is 13.9. The van der Waals surface area contributed by atoms with Gasteiger partial charge in [-0.25, -0.2) is 9.59 Å². The Morgan fingerprint density at radius 2 is 1.61 bits per heavy atom. The zero-order valence-electron chi connectivity index (χ0n) is 21.4. The summed E-state index contributed by atoms with van der Waals surface area (Å²) < 4.78 is 29.9. The van der Waals surface area contributed by atoms with Crippen LogP contribution >= 0.6 is 7.60 Å². The van der Waals surface area contributed by atoms with Crippen molar-refractivity contribution in [1.29, 1.82) is 0 Å². The summed E-state index contributed by atoms with van der Waals surface area (Å²) in [6.45, 7) is 6.68. The van der Waals surface area contributed by atoms with Gasteiger partial charge in [-0.05, 0) is 37.0 Å². The Kier molecular flexibility index (Phi) is 10.5. The van der Waals surface area contributed by atoms with Crippen LogP contribution < -0.4 is 0 Å². The standard InChI is InChI=1S/C27H37N2O6P/c1-4-7-17-28(21-36(32,34-5-2)35-6-3)27(31)29-19-24-16-12-11-15-23(24)18-25(29)26(30)33-20-22-13-9-8-10-14-22/h8-16,25H,4-7,17-21H2,1-3H3/t25-/m0/s1. The van der Waals surface area contributed by atoms with Crippen molar-refractivity contribution in [3.63, 3.8) is 0 Å². The number of amides is 2. The monoisotopic (exact) mass is 516 g/mol. The number of ether oxygens (including phenoxy) is 1. The van der Waals surface area contributed by atoms with Gasteiger partial charge in [-0.15, -0.1) is 0 Å². The predicted octanol–water partition coefficient (Wildman–Crippen LogP) is 5.60. The lowest BCUT2D eigenvalue weighted by Crippen LogP contribution is -2.54. The quantitative estimate of drug-likeness (QED) is 0.270. The van der Waals surface area contributed by atoms with E-state index in [0.717, 1.165) is 29.5 Å². The van der Waals surface area contributed by atoms with E-state index in [9.17, 15) is 14.2 Å². The van der Waals surface area contributed by atoms with Crippen molar-refractivity contribution >= 4 is 19.6 Å². The molecule has 3 rings (SSSR count). The number of rotatable bonds is 12. The highest BCUT2D eigenvalue weighted by molar-refractivity contribution is 7.53. The number of nitrogens with zero attached hydrogens (tertiary/aromatic N) is 2. The van der Waals surface area contributed by atoms with Crippen LogP contribution in [-0.4, -0.2) is 53.9 Å². The minimum absolute atomic E-state index is 0.128. The van der Waals surface area contributed by atoms with Crippen LogP contribution in [0.25, 0.3) is 0 Å². The predicted molar refractivity (Wildman–Crippen MR) is 138 cm³/mol. The lowest BCUT2D eigenvalue weighted by atomic mass is 9.94.